The van der Waals surface area contributed by atoms with E-state index in [0.29, 0.717) is 5.56 Å². The first-order valence-electron chi connectivity index (χ1n) is 3.53. The minimum Gasteiger partial charge on any atom is -0.258 e. The molecule has 0 aliphatic carbocycles. The summed E-state index contributed by atoms with van der Waals surface area (Å²) in [7, 11) is 0. The lowest BCUT2D eigenvalue weighted by molar-refractivity contribution is -0.387. The van der Waals surface area contributed by atoms with Crippen molar-refractivity contribution < 1.29 is 9.31 Å². The molecule has 0 bridgehead atoms. The lowest BCUT2D eigenvalue weighted by Crippen LogP contribution is -1.96. The molecule has 0 aliphatic heterocycles. The summed E-state index contributed by atoms with van der Waals surface area (Å²) in [5.41, 5.74) is -0.170. The van der Waals surface area contributed by atoms with Crippen LogP contribution in [0.2, 0.25) is 0 Å². The number of benzene rings is 1. The normalized spacial score (nSPS) is 9.50. The highest BCUT2D eigenvalue weighted by Gasteiger charge is 2.17. The van der Waals surface area contributed by atoms with Crippen molar-refractivity contribution >= 4 is 21.6 Å². The topological polar surface area (TPSA) is 66.9 Å². The molecule has 0 aromatic heterocycles. The molecule has 0 atom stereocenters. The summed E-state index contributed by atoms with van der Waals surface area (Å²) in [5, 5.41) is 19.2. The van der Waals surface area contributed by atoms with E-state index in [1.54, 1.807) is 6.07 Å². The van der Waals surface area contributed by atoms with Gasteiger partial charge in [-0.1, -0.05) is 15.9 Å². The van der Waals surface area contributed by atoms with Gasteiger partial charge in [0.05, 0.1) is 16.6 Å². The zero-order valence-corrected chi connectivity index (χ0v) is 8.41. The predicted octanol–water partition coefficient (Wildman–Crippen LogP) is 2.50. The standard InChI is InChI=1S/C8H4BrFN2O2/c9-3-5-1-7(10)8(12(13)14)2-6(5)4-11/h1-2H,3H2. The Kier molecular flexibility index (Phi) is 3.14. The summed E-state index contributed by atoms with van der Waals surface area (Å²) in [6.45, 7) is 0. The van der Waals surface area contributed by atoms with Gasteiger partial charge in [-0.05, 0) is 11.6 Å². The summed E-state index contributed by atoms with van der Waals surface area (Å²) >= 11 is 3.06. The van der Waals surface area contributed by atoms with Gasteiger partial charge in [-0.2, -0.15) is 9.65 Å². The van der Waals surface area contributed by atoms with Gasteiger partial charge in [-0.15, -0.1) is 0 Å². The van der Waals surface area contributed by atoms with Crippen LogP contribution in [0.1, 0.15) is 11.1 Å². The maximum Gasteiger partial charge on any atom is 0.306 e. The van der Waals surface area contributed by atoms with E-state index in [1.165, 1.54) is 0 Å². The number of nitrogens with zero attached hydrogens (tertiary/aromatic N) is 2. The Morgan fingerprint density at radius 3 is 2.71 bits per heavy atom. The molecule has 1 rings (SSSR count). The molecule has 1 aromatic rings. The molecule has 0 saturated heterocycles. The molecule has 0 N–H and O–H groups in total. The SMILES string of the molecule is N#Cc1cc([N+](=O)[O-])c(F)cc1CBr. The summed E-state index contributed by atoms with van der Waals surface area (Å²) in [6, 6.07) is 3.70. The third-order valence-corrected chi connectivity index (χ3v) is 2.24. The molecule has 1 aromatic carbocycles. The molecule has 4 nitrogen and oxygen atoms in total. The number of nitro groups is 1. The molecule has 6 heteroatoms. The predicted molar refractivity (Wildman–Crippen MR) is 50.4 cm³/mol. The first-order valence-corrected chi connectivity index (χ1v) is 4.65. The second-order valence-electron chi connectivity index (χ2n) is 2.46. The van der Waals surface area contributed by atoms with Crippen LogP contribution in [0, 0.1) is 27.3 Å². The van der Waals surface area contributed by atoms with Gasteiger partial charge in [0, 0.05) is 11.4 Å². The van der Waals surface area contributed by atoms with Crippen LogP contribution in [0.5, 0.6) is 0 Å². The fourth-order valence-electron chi connectivity index (χ4n) is 0.958. The molecule has 0 unspecified atom stereocenters. The van der Waals surface area contributed by atoms with E-state index < -0.39 is 16.4 Å². The van der Waals surface area contributed by atoms with E-state index in [9.17, 15) is 14.5 Å². The van der Waals surface area contributed by atoms with Crippen LogP contribution in [-0.2, 0) is 5.33 Å². The highest BCUT2D eigenvalue weighted by Crippen LogP contribution is 2.23. The molecule has 72 valence electrons. The maximum atomic E-state index is 13.0. The lowest BCUT2D eigenvalue weighted by Gasteiger charge is -2.00. The van der Waals surface area contributed by atoms with Crippen LogP contribution in [0.3, 0.4) is 0 Å². The van der Waals surface area contributed by atoms with Gasteiger partial charge in [0.25, 0.3) is 0 Å². The minimum atomic E-state index is -0.927. The van der Waals surface area contributed by atoms with Crippen molar-refractivity contribution in [3.05, 3.63) is 39.2 Å². The van der Waals surface area contributed by atoms with E-state index >= 15 is 0 Å². The summed E-state index contributed by atoms with van der Waals surface area (Å²) < 4.78 is 13.0. The second-order valence-corrected chi connectivity index (χ2v) is 3.02. The van der Waals surface area contributed by atoms with Crippen LogP contribution in [0.4, 0.5) is 10.1 Å². The Morgan fingerprint density at radius 2 is 2.29 bits per heavy atom. The Balaban J connectivity index is 3.40. The summed E-state index contributed by atoms with van der Waals surface area (Å²) in [5.74, 6) is -0.927. The van der Waals surface area contributed by atoms with Crippen molar-refractivity contribution in [1.29, 1.82) is 5.26 Å². The molecule has 0 heterocycles. The molecule has 0 saturated carbocycles. The summed E-state index contributed by atoms with van der Waals surface area (Å²) in [6.07, 6.45) is 0. The van der Waals surface area contributed by atoms with Gasteiger partial charge < -0.3 is 0 Å². The van der Waals surface area contributed by atoms with E-state index in [2.05, 4.69) is 15.9 Å². The number of hydrogen-bond acceptors (Lipinski definition) is 3. The van der Waals surface area contributed by atoms with Gasteiger partial charge in [-0.3, -0.25) is 10.1 Å². The van der Waals surface area contributed by atoms with E-state index in [-0.39, 0.29) is 10.9 Å². The zero-order valence-electron chi connectivity index (χ0n) is 6.83. The maximum absolute atomic E-state index is 13.0. The Labute approximate surface area is 87.2 Å². The average Bonchev–Trinajstić information content (AvgIpc) is 2.16. The molecule has 0 fully saturated rings. The van der Waals surface area contributed by atoms with Crippen LogP contribution in [0.25, 0.3) is 0 Å². The highest BCUT2D eigenvalue weighted by atomic mass is 79.9. The van der Waals surface area contributed by atoms with Crippen molar-refractivity contribution in [2.45, 2.75) is 5.33 Å². The van der Waals surface area contributed by atoms with Crippen molar-refractivity contribution in [2.75, 3.05) is 0 Å². The number of hydrogen-bond donors (Lipinski definition) is 0. The lowest BCUT2D eigenvalue weighted by atomic mass is 10.1. The van der Waals surface area contributed by atoms with Crippen LogP contribution in [0.15, 0.2) is 12.1 Å². The van der Waals surface area contributed by atoms with E-state index in [4.69, 9.17) is 5.26 Å². The minimum absolute atomic E-state index is 0.106. The van der Waals surface area contributed by atoms with Gasteiger partial charge in [0.2, 0.25) is 5.82 Å². The molecule has 0 radical (unpaired) electrons. The molecule has 0 amide bonds. The smallest absolute Gasteiger partial charge is 0.258 e. The van der Waals surface area contributed by atoms with Crippen LogP contribution in [-0.4, -0.2) is 4.92 Å². The molecule has 14 heavy (non-hydrogen) atoms. The van der Waals surface area contributed by atoms with Crippen LogP contribution < -0.4 is 0 Å². The third-order valence-electron chi connectivity index (χ3n) is 1.63. The number of alkyl halides is 1. The number of rotatable bonds is 2. The molecule has 0 spiro atoms. The first-order chi connectivity index (χ1) is 6.60. The molecule has 0 aliphatic rings. The summed E-state index contributed by atoms with van der Waals surface area (Å²) in [4.78, 5) is 9.48. The van der Waals surface area contributed by atoms with E-state index in [0.717, 1.165) is 12.1 Å². The highest BCUT2D eigenvalue weighted by molar-refractivity contribution is 9.08. The van der Waals surface area contributed by atoms with Crippen LogP contribution >= 0.6 is 15.9 Å². The van der Waals surface area contributed by atoms with Crippen molar-refractivity contribution in [3.63, 3.8) is 0 Å². The third kappa shape index (κ3) is 1.88. The van der Waals surface area contributed by atoms with Gasteiger partial charge >= 0.3 is 5.69 Å². The van der Waals surface area contributed by atoms with Gasteiger partial charge in [0.15, 0.2) is 0 Å². The average molecular weight is 259 g/mol. The van der Waals surface area contributed by atoms with E-state index in [1.807, 2.05) is 0 Å². The van der Waals surface area contributed by atoms with Gasteiger partial charge in [-0.25, -0.2) is 0 Å². The first kappa shape index (κ1) is 10.6. The number of nitriles is 1. The fourth-order valence-corrected chi connectivity index (χ4v) is 1.42. The molecular weight excluding hydrogens is 255 g/mol. The van der Waals surface area contributed by atoms with Gasteiger partial charge in [0.1, 0.15) is 0 Å². The largest absolute Gasteiger partial charge is 0.306 e. The Bertz CT molecular complexity index is 428. The second kappa shape index (κ2) is 4.15. The van der Waals surface area contributed by atoms with Crippen molar-refractivity contribution in [1.82, 2.24) is 0 Å². The van der Waals surface area contributed by atoms with Crippen molar-refractivity contribution in [2.24, 2.45) is 0 Å². The zero-order chi connectivity index (χ0) is 10.7. The van der Waals surface area contributed by atoms with Crippen molar-refractivity contribution in [3.8, 4) is 6.07 Å². The Morgan fingerprint density at radius 1 is 1.64 bits per heavy atom. The Hall–Kier alpha value is -1.48. The fraction of sp³-hybridized carbons (Fsp3) is 0.125. The monoisotopic (exact) mass is 258 g/mol. The molecular formula is C8H4BrFN2O2. The number of halogens is 2. The number of nitro benzene ring substituents is 1. The quantitative estimate of drug-likeness (QED) is 0.465.